The van der Waals surface area contributed by atoms with Crippen molar-refractivity contribution in [2.45, 2.75) is 12.8 Å². The Balaban J connectivity index is 1.38. The normalized spacial score (nSPS) is 35.0. The van der Waals surface area contributed by atoms with Crippen molar-refractivity contribution < 1.29 is 9.53 Å². The van der Waals surface area contributed by atoms with Crippen molar-refractivity contribution in [1.29, 1.82) is 0 Å². The minimum absolute atomic E-state index is 0.240. The average molecular weight is 250 g/mol. The summed E-state index contributed by atoms with van der Waals surface area (Å²) in [5.41, 5.74) is 0. The van der Waals surface area contributed by atoms with Crippen LogP contribution in [0.4, 0.5) is 0 Å². The highest BCUT2D eigenvalue weighted by Crippen LogP contribution is 2.43. The number of hydrogen-bond acceptors (Lipinski definition) is 3. The van der Waals surface area contributed by atoms with Gasteiger partial charge in [-0.15, -0.1) is 0 Å². The Kier molecular flexibility index (Phi) is 3.66. The Hall–Kier alpha value is -0.870. The maximum absolute atomic E-state index is 12.1. The van der Waals surface area contributed by atoms with E-state index in [1.165, 1.54) is 6.42 Å². The van der Waals surface area contributed by atoms with E-state index in [0.29, 0.717) is 11.8 Å². The van der Waals surface area contributed by atoms with Gasteiger partial charge < -0.3 is 10.1 Å². The molecule has 4 nitrogen and oxygen atoms in total. The van der Waals surface area contributed by atoms with E-state index in [0.717, 1.165) is 45.8 Å². The number of morpholine rings is 1. The number of nitrogens with one attached hydrogen (secondary N) is 1. The molecule has 3 atom stereocenters. The van der Waals surface area contributed by atoms with Gasteiger partial charge >= 0.3 is 0 Å². The van der Waals surface area contributed by atoms with Crippen LogP contribution in [-0.2, 0) is 9.53 Å². The molecule has 18 heavy (non-hydrogen) atoms. The van der Waals surface area contributed by atoms with Crippen LogP contribution in [0.2, 0.25) is 0 Å². The fourth-order valence-corrected chi connectivity index (χ4v) is 3.38. The quantitative estimate of drug-likeness (QED) is 0.745. The number of rotatable bonds is 4. The topological polar surface area (TPSA) is 41.6 Å². The molecule has 0 radical (unpaired) electrons. The van der Waals surface area contributed by atoms with Crippen LogP contribution in [0.1, 0.15) is 12.8 Å². The van der Waals surface area contributed by atoms with Crippen molar-refractivity contribution in [2.24, 2.45) is 17.8 Å². The molecule has 100 valence electrons. The van der Waals surface area contributed by atoms with Crippen molar-refractivity contribution in [2.75, 3.05) is 39.4 Å². The molecule has 2 aliphatic carbocycles. The number of allylic oxidation sites excluding steroid dienone is 2. The highest BCUT2D eigenvalue weighted by atomic mass is 16.5. The summed E-state index contributed by atoms with van der Waals surface area (Å²) in [5, 5.41) is 3.10. The van der Waals surface area contributed by atoms with Gasteiger partial charge in [0.05, 0.1) is 13.2 Å². The van der Waals surface area contributed by atoms with Crippen molar-refractivity contribution in [3.05, 3.63) is 12.2 Å². The van der Waals surface area contributed by atoms with Crippen LogP contribution in [0.3, 0.4) is 0 Å². The first-order valence-electron chi connectivity index (χ1n) is 7.09. The maximum atomic E-state index is 12.1. The number of nitrogens with zero attached hydrogens (tertiary/aromatic N) is 1. The molecule has 1 amide bonds. The molecule has 0 aromatic carbocycles. The Morgan fingerprint density at radius 2 is 2.11 bits per heavy atom. The maximum Gasteiger partial charge on any atom is 0.223 e. The standard InChI is InChI=1S/C14H22N2O2/c17-14(13-10-11-1-2-12(13)9-11)15-3-4-16-5-7-18-8-6-16/h1-2,11-13H,3-10H2,(H,15,17). The number of ether oxygens (including phenoxy) is 1. The molecular formula is C14H22N2O2. The first-order chi connectivity index (χ1) is 8.83. The van der Waals surface area contributed by atoms with E-state index in [2.05, 4.69) is 22.4 Å². The molecule has 2 fully saturated rings. The van der Waals surface area contributed by atoms with Crippen LogP contribution in [0.5, 0.6) is 0 Å². The van der Waals surface area contributed by atoms with Crippen molar-refractivity contribution in [3.63, 3.8) is 0 Å². The van der Waals surface area contributed by atoms with Gasteiger partial charge in [-0.05, 0) is 24.7 Å². The molecule has 0 aromatic heterocycles. The van der Waals surface area contributed by atoms with Gasteiger partial charge in [-0.3, -0.25) is 9.69 Å². The average Bonchev–Trinajstić information content (AvgIpc) is 3.02. The monoisotopic (exact) mass is 250 g/mol. The fourth-order valence-electron chi connectivity index (χ4n) is 3.38. The Morgan fingerprint density at radius 3 is 2.78 bits per heavy atom. The molecular weight excluding hydrogens is 228 g/mol. The van der Waals surface area contributed by atoms with Crippen molar-refractivity contribution in [3.8, 4) is 0 Å². The summed E-state index contributed by atoms with van der Waals surface area (Å²) in [7, 11) is 0. The van der Waals surface area contributed by atoms with E-state index in [4.69, 9.17) is 4.74 Å². The molecule has 1 heterocycles. The molecule has 4 heteroatoms. The largest absolute Gasteiger partial charge is 0.379 e. The summed E-state index contributed by atoms with van der Waals surface area (Å²) in [5.74, 6) is 1.69. The lowest BCUT2D eigenvalue weighted by Gasteiger charge is -2.27. The summed E-state index contributed by atoms with van der Waals surface area (Å²) >= 11 is 0. The molecule has 3 aliphatic rings. The molecule has 1 saturated heterocycles. The van der Waals surface area contributed by atoms with E-state index in [1.54, 1.807) is 0 Å². The van der Waals surface area contributed by atoms with Crippen LogP contribution >= 0.6 is 0 Å². The molecule has 1 aliphatic heterocycles. The number of carbonyl (C=O) groups excluding carboxylic acids is 1. The van der Waals surface area contributed by atoms with E-state index < -0.39 is 0 Å². The lowest BCUT2D eigenvalue weighted by Crippen LogP contribution is -2.42. The molecule has 0 aromatic rings. The molecule has 2 bridgehead atoms. The van der Waals surface area contributed by atoms with Gasteiger partial charge in [-0.2, -0.15) is 0 Å². The van der Waals surface area contributed by atoms with Gasteiger partial charge in [0.25, 0.3) is 0 Å². The third kappa shape index (κ3) is 2.59. The van der Waals surface area contributed by atoms with Crippen LogP contribution in [-0.4, -0.2) is 50.2 Å². The molecule has 3 rings (SSSR count). The molecule has 0 spiro atoms. The zero-order valence-corrected chi connectivity index (χ0v) is 10.8. The lowest BCUT2D eigenvalue weighted by molar-refractivity contribution is -0.125. The SMILES string of the molecule is O=C(NCCN1CCOCC1)C1CC2C=CC1C2. The zero-order valence-electron chi connectivity index (χ0n) is 10.8. The smallest absolute Gasteiger partial charge is 0.223 e. The third-order valence-corrected chi connectivity index (χ3v) is 4.45. The second-order valence-electron chi connectivity index (χ2n) is 5.63. The predicted octanol–water partition coefficient (Wildman–Crippen LogP) is 0.647. The first-order valence-corrected chi connectivity index (χ1v) is 7.09. The zero-order chi connectivity index (χ0) is 12.4. The van der Waals surface area contributed by atoms with E-state index in [1.807, 2.05) is 0 Å². The second kappa shape index (κ2) is 5.41. The minimum Gasteiger partial charge on any atom is -0.379 e. The minimum atomic E-state index is 0.240. The van der Waals surface area contributed by atoms with Gasteiger partial charge in [-0.1, -0.05) is 12.2 Å². The summed E-state index contributed by atoms with van der Waals surface area (Å²) in [6.07, 6.45) is 6.77. The molecule has 3 unspecified atom stereocenters. The van der Waals surface area contributed by atoms with E-state index in [-0.39, 0.29) is 11.8 Å². The number of carbonyl (C=O) groups is 1. The highest BCUT2D eigenvalue weighted by molar-refractivity contribution is 5.79. The Bertz CT molecular complexity index is 337. The number of hydrogen-bond donors (Lipinski definition) is 1. The Morgan fingerprint density at radius 1 is 1.28 bits per heavy atom. The molecule has 1 saturated carbocycles. The number of amides is 1. The third-order valence-electron chi connectivity index (χ3n) is 4.45. The first kappa shape index (κ1) is 12.2. The predicted molar refractivity (Wildman–Crippen MR) is 69.1 cm³/mol. The second-order valence-corrected chi connectivity index (χ2v) is 5.63. The van der Waals surface area contributed by atoms with Gasteiger partial charge in [0, 0.05) is 32.1 Å². The lowest BCUT2D eigenvalue weighted by atomic mass is 9.93. The van der Waals surface area contributed by atoms with Crippen LogP contribution in [0, 0.1) is 17.8 Å². The number of fused-ring (bicyclic) bond motifs is 2. The van der Waals surface area contributed by atoms with Gasteiger partial charge in [0.1, 0.15) is 0 Å². The van der Waals surface area contributed by atoms with Crippen LogP contribution in [0.25, 0.3) is 0 Å². The Labute approximate surface area is 108 Å². The van der Waals surface area contributed by atoms with E-state index in [9.17, 15) is 4.79 Å². The van der Waals surface area contributed by atoms with Crippen LogP contribution in [0.15, 0.2) is 12.2 Å². The van der Waals surface area contributed by atoms with Gasteiger partial charge in [0.2, 0.25) is 5.91 Å². The van der Waals surface area contributed by atoms with E-state index >= 15 is 0 Å². The highest BCUT2D eigenvalue weighted by Gasteiger charge is 2.39. The summed E-state index contributed by atoms with van der Waals surface area (Å²) in [6.45, 7) is 5.36. The summed E-state index contributed by atoms with van der Waals surface area (Å²) < 4.78 is 5.31. The summed E-state index contributed by atoms with van der Waals surface area (Å²) in [4.78, 5) is 14.4. The van der Waals surface area contributed by atoms with Crippen molar-refractivity contribution >= 4 is 5.91 Å². The van der Waals surface area contributed by atoms with Crippen LogP contribution < -0.4 is 5.32 Å². The summed E-state index contributed by atoms with van der Waals surface area (Å²) in [6, 6.07) is 0. The molecule has 1 N–H and O–H groups in total. The van der Waals surface area contributed by atoms with Gasteiger partial charge in [0.15, 0.2) is 0 Å². The van der Waals surface area contributed by atoms with Gasteiger partial charge in [-0.25, -0.2) is 0 Å². The fraction of sp³-hybridized carbons (Fsp3) is 0.786. The van der Waals surface area contributed by atoms with Crippen molar-refractivity contribution in [1.82, 2.24) is 10.2 Å².